The maximum absolute atomic E-state index is 12.8. The minimum absolute atomic E-state index is 0.0227. The SMILES string of the molecule is O=C(c1cccc(C(F)(F)F)c1)N1CCC(Oc2ncccc2Br)C1. The molecule has 1 atom stereocenters. The summed E-state index contributed by atoms with van der Waals surface area (Å²) in [6, 6.07) is 8.02. The molecule has 2 heterocycles. The van der Waals surface area contributed by atoms with Gasteiger partial charge in [-0.25, -0.2) is 4.98 Å². The van der Waals surface area contributed by atoms with Crippen LogP contribution in [0.25, 0.3) is 0 Å². The first kappa shape index (κ1) is 17.7. The van der Waals surface area contributed by atoms with Crippen molar-refractivity contribution >= 4 is 21.8 Å². The van der Waals surface area contributed by atoms with Crippen molar-refractivity contribution in [2.45, 2.75) is 18.7 Å². The molecule has 1 aromatic heterocycles. The summed E-state index contributed by atoms with van der Waals surface area (Å²) in [7, 11) is 0. The summed E-state index contributed by atoms with van der Waals surface area (Å²) in [5, 5.41) is 0. The lowest BCUT2D eigenvalue weighted by Crippen LogP contribution is -2.31. The number of aromatic nitrogens is 1. The van der Waals surface area contributed by atoms with Crippen LogP contribution < -0.4 is 4.74 Å². The smallest absolute Gasteiger partial charge is 0.416 e. The third-order valence-corrected chi connectivity index (χ3v) is 4.48. The van der Waals surface area contributed by atoms with Gasteiger partial charge in [0, 0.05) is 24.7 Å². The topological polar surface area (TPSA) is 42.4 Å². The molecule has 0 bridgehead atoms. The van der Waals surface area contributed by atoms with Gasteiger partial charge in [0.25, 0.3) is 5.91 Å². The van der Waals surface area contributed by atoms with Crippen LogP contribution in [0.4, 0.5) is 13.2 Å². The highest BCUT2D eigenvalue weighted by Crippen LogP contribution is 2.30. The van der Waals surface area contributed by atoms with E-state index in [9.17, 15) is 18.0 Å². The van der Waals surface area contributed by atoms with Crippen LogP contribution in [0.5, 0.6) is 5.88 Å². The Hall–Kier alpha value is -2.09. The third kappa shape index (κ3) is 4.12. The number of alkyl halides is 3. The minimum Gasteiger partial charge on any atom is -0.472 e. The number of amides is 1. The van der Waals surface area contributed by atoms with E-state index in [-0.39, 0.29) is 11.7 Å². The molecule has 0 N–H and O–H groups in total. The van der Waals surface area contributed by atoms with E-state index < -0.39 is 17.6 Å². The summed E-state index contributed by atoms with van der Waals surface area (Å²) in [5.74, 6) is -0.00171. The molecule has 1 aliphatic heterocycles. The van der Waals surface area contributed by atoms with Gasteiger partial charge in [0.15, 0.2) is 0 Å². The molecule has 0 aliphatic carbocycles. The Morgan fingerprint density at radius 3 is 2.80 bits per heavy atom. The first-order chi connectivity index (χ1) is 11.8. The van der Waals surface area contributed by atoms with Gasteiger partial charge < -0.3 is 9.64 Å². The predicted molar refractivity (Wildman–Crippen MR) is 88.3 cm³/mol. The van der Waals surface area contributed by atoms with Crippen LogP contribution in [0.2, 0.25) is 0 Å². The first-order valence-corrected chi connectivity index (χ1v) is 8.37. The average Bonchev–Trinajstić information content (AvgIpc) is 3.04. The zero-order valence-electron chi connectivity index (χ0n) is 13.0. The van der Waals surface area contributed by atoms with E-state index in [1.54, 1.807) is 18.3 Å². The molecule has 1 saturated heterocycles. The molecular weight excluding hydrogens is 401 g/mol. The molecule has 0 radical (unpaired) electrons. The number of hydrogen-bond donors (Lipinski definition) is 0. The second-order valence-corrected chi connectivity index (χ2v) is 6.50. The van der Waals surface area contributed by atoms with E-state index in [1.807, 2.05) is 0 Å². The lowest BCUT2D eigenvalue weighted by atomic mass is 10.1. The maximum Gasteiger partial charge on any atom is 0.416 e. The Morgan fingerprint density at radius 1 is 1.28 bits per heavy atom. The Kier molecular flexibility index (Phi) is 4.99. The number of ether oxygens (including phenoxy) is 1. The number of carbonyl (C=O) groups excluding carboxylic acids is 1. The van der Waals surface area contributed by atoms with Crippen molar-refractivity contribution in [3.8, 4) is 5.88 Å². The van der Waals surface area contributed by atoms with Gasteiger partial charge in [0.2, 0.25) is 5.88 Å². The molecule has 4 nitrogen and oxygen atoms in total. The molecule has 8 heteroatoms. The fourth-order valence-electron chi connectivity index (χ4n) is 2.64. The normalized spacial score (nSPS) is 17.6. The average molecular weight is 415 g/mol. The van der Waals surface area contributed by atoms with Crippen molar-refractivity contribution in [3.63, 3.8) is 0 Å². The summed E-state index contributed by atoms with van der Waals surface area (Å²) in [5.41, 5.74) is -0.808. The molecule has 25 heavy (non-hydrogen) atoms. The second-order valence-electron chi connectivity index (χ2n) is 5.65. The van der Waals surface area contributed by atoms with E-state index in [1.165, 1.54) is 17.0 Å². The molecule has 132 valence electrons. The fraction of sp³-hybridized carbons (Fsp3) is 0.294. The fourth-order valence-corrected chi connectivity index (χ4v) is 2.98. The van der Waals surface area contributed by atoms with Crippen LogP contribution in [-0.4, -0.2) is 35.0 Å². The van der Waals surface area contributed by atoms with Crippen LogP contribution >= 0.6 is 15.9 Å². The largest absolute Gasteiger partial charge is 0.472 e. The van der Waals surface area contributed by atoms with Crippen molar-refractivity contribution in [2.75, 3.05) is 13.1 Å². The van der Waals surface area contributed by atoms with Crippen LogP contribution in [0.1, 0.15) is 22.3 Å². The van der Waals surface area contributed by atoms with Gasteiger partial charge >= 0.3 is 6.18 Å². The third-order valence-electron chi connectivity index (χ3n) is 3.87. The second kappa shape index (κ2) is 7.03. The summed E-state index contributed by atoms with van der Waals surface area (Å²) in [6.45, 7) is 0.724. The molecule has 1 amide bonds. The van der Waals surface area contributed by atoms with E-state index in [0.29, 0.717) is 29.9 Å². The maximum atomic E-state index is 12.8. The minimum atomic E-state index is -4.47. The van der Waals surface area contributed by atoms with Gasteiger partial charge in [0.05, 0.1) is 16.6 Å². The van der Waals surface area contributed by atoms with Crippen molar-refractivity contribution < 1.29 is 22.7 Å². The van der Waals surface area contributed by atoms with Gasteiger partial charge in [-0.3, -0.25) is 4.79 Å². The Morgan fingerprint density at radius 2 is 2.08 bits per heavy atom. The highest BCUT2D eigenvalue weighted by Gasteiger charge is 2.33. The van der Waals surface area contributed by atoms with Crippen molar-refractivity contribution in [1.82, 2.24) is 9.88 Å². The number of pyridine rings is 1. The highest BCUT2D eigenvalue weighted by molar-refractivity contribution is 9.10. The Labute approximate surface area is 150 Å². The highest BCUT2D eigenvalue weighted by atomic mass is 79.9. The summed E-state index contributed by atoms with van der Waals surface area (Å²) in [6.07, 6.45) is -2.53. The Balaban J connectivity index is 1.68. The molecule has 1 fully saturated rings. The molecule has 0 spiro atoms. The van der Waals surface area contributed by atoms with Crippen molar-refractivity contribution in [1.29, 1.82) is 0 Å². The van der Waals surface area contributed by atoms with E-state index >= 15 is 0 Å². The molecular formula is C17H14BrF3N2O2. The number of halogens is 4. The van der Waals surface area contributed by atoms with Crippen molar-refractivity contribution in [2.24, 2.45) is 0 Å². The summed E-state index contributed by atoms with van der Waals surface area (Å²) in [4.78, 5) is 18.1. The molecule has 1 unspecified atom stereocenters. The van der Waals surface area contributed by atoms with Gasteiger partial charge in [-0.15, -0.1) is 0 Å². The van der Waals surface area contributed by atoms with Gasteiger partial charge in [0.1, 0.15) is 6.10 Å². The van der Waals surface area contributed by atoms with E-state index in [0.717, 1.165) is 12.1 Å². The zero-order valence-corrected chi connectivity index (χ0v) is 14.5. The quantitative estimate of drug-likeness (QED) is 0.757. The molecule has 1 aliphatic rings. The van der Waals surface area contributed by atoms with Crippen LogP contribution in [0, 0.1) is 0 Å². The van der Waals surface area contributed by atoms with Crippen molar-refractivity contribution in [3.05, 3.63) is 58.2 Å². The van der Waals surface area contributed by atoms with Gasteiger partial charge in [-0.2, -0.15) is 13.2 Å². The van der Waals surface area contributed by atoms with Crippen LogP contribution in [-0.2, 0) is 6.18 Å². The van der Waals surface area contributed by atoms with Gasteiger partial charge in [-0.1, -0.05) is 6.07 Å². The summed E-state index contributed by atoms with van der Waals surface area (Å²) >= 11 is 3.34. The lowest BCUT2D eigenvalue weighted by molar-refractivity contribution is -0.137. The first-order valence-electron chi connectivity index (χ1n) is 7.58. The molecule has 0 saturated carbocycles. The number of benzene rings is 1. The number of nitrogens with zero attached hydrogens (tertiary/aromatic N) is 2. The van der Waals surface area contributed by atoms with Gasteiger partial charge in [-0.05, 0) is 46.3 Å². The van der Waals surface area contributed by atoms with E-state index in [2.05, 4.69) is 20.9 Å². The molecule has 3 rings (SSSR count). The molecule has 1 aromatic carbocycles. The molecule has 2 aromatic rings. The van der Waals surface area contributed by atoms with Crippen LogP contribution in [0.15, 0.2) is 47.1 Å². The van der Waals surface area contributed by atoms with Crippen LogP contribution in [0.3, 0.4) is 0 Å². The standard InChI is InChI=1S/C17H14BrF3N2O2/c18-14-5-2-7-22-15(14)25-13-6-8-23(10-13)16(24)11-3-1-4-12(9-11)17(19,20)21/h1-5,7,9,13H,6,8,10H2. The number of rotatable bonds is 3. The van der Waals surface area contributed by atoms with E-state index in [4.69, 9.17) is 4.74 Å². The number of likely N-dealkylation sites (tertiary alicyclic amines) is 1. The zero-order chi connectivity index (χ0) is 18.0. The number of hydrogen-bond acceptors (Lipinski definition) is 3. The number of carbonyl (C=O) groups is 1. The predicted octanol–water partition coefficient (Wildman–Crippen LogP) is 4.16. The monoisotopic (exact) mass is 414 g/mol. The summed E-state index contributed by atoms with van der Waals surface area (Å²) < 4.78 is 44.9. The Bertz CT molecular complexity index is 782. The lowest BCUT2D eigenvalue weighted by Gasteiger charge is -2.18.